The van der Waals surface area contributed by atoms with Crippen molar-refractivity contribution in [1.29, 1.82) is 5.26 Å². The first kappa shape index (κ1) is 25.3. The van der Waals surface area contributed by atoms with Gasteiger partial charge in [-0.3, -0.25) is 24.6 Å². The molecule has 1 aliphatic heterocycles. The predicted molar refractivity (Wildman–Crippen MR) is 130 cm³/mol. The van der Waals surface area contributed by atoms with Crippen molar-refractivity contribution in [2.45, 2.75) is 25.7 Å². The molecule has 4 rings (SSSR count). The van der Waals surface area contributed by atoms with Crippen molar-refractivity contribution in [3.63, 3.8) is 0 Å². The second-order valence-electron chi connectivity index (χ2n) is 8.34. The summed E-state index contributed by atoms with van der Waals surface area (Å²) >= 11 is 0. The number of halogens is 3. The fourth-order valence-corrected chi connectivity index (χ4v) is 4.00. The molecule has 0 saturated carbocycles. The van der Waals surface area contributed by atoms with Gasteiger partial charge in [0.25, 0.3) is 11.5 Å². The number of hydrogen-bond acceptors (Lipinski definition) is 6. The number of nitriles is 1. The zero-order chi connectivity index (χ0) is 26.7. The van der Waals surface area contributed by atoms with Crippen LogP contribution in [0.1, 0.15) is 32.7 Å². The number of alkyl halides is 3. The number of hydrogen-bond donors (Lipinski definition) is 1. The number of hydrazine groups is 1. The zero-order valence-corrected chi connectivity index (χ0v) is 19.7. The Labute approximate surface area is 210 Å². The normalized spacial score (nSPS) is 12.8. The van der Waals surface area contributed by atoms with Gasteiger partial charge >= 0.3 is 6.18 Å². The average Bonchev–Trinajstić information content (AvgIpc) is 2.90. The fourth-order valence-electron chi connectivity index (χ4n) is 4.00. The molecule has 0 radical (unpaired) electrons. The SMILES string of the molecule is C#CCn1c(NN(C)c2ccc(C(F)(F)F)cc2)nc2c(c1=O)CN(C(=O)c1cccc(C#N)c1)CC2. The first-order chi connectivity index (χ1) is 17.6. The summed E-state index contributed by atoms with van der Waals surface area (Å²) in [6, 6.07) is 12.8. The third-order valence-electron chi connectivity index (χ3n) is 5.94. The van der Waals surface area contributed by atoms with Crippen molar-refractivity contribution in [1.82, 2.24) is 14.5 Å². The third-order valence-corrected chi connectivity index (χ3v) is 5.94. The molecular formula is C26H21F3N6O2. The fraction of sp³-hybridized carbons (Fsp3) is 0.231. The van der Waals surface area contributed by atoms with Gasteiger partial charge in [0.1, 0.15) is 0 Å². The number of fused-ring (bicyclic) bond motifs is 1. The predicted octanol–water partition coefficient (Wildman–Crippen LogP) is 3.43. The third kappa shape index (κ3) is 5.26. The van der Waals surface area contributed by atoms with Crippen molar-refractivity contribution < 1.29 is 18.0 Å². The summed E-state index contributed by atoms with van der Waals surface area (Å²) in [6.07, 6.45) is 1.33. The van der Waals surface area contributed by atoms with Gasteiger partial charge in [0, 0.05) is 25.6 Å². The Morgan fingerprint density at radius 2 is 1.97 bits per heavy atom. The minimum Gasteiger partial charge on any atom is -0.334 e. The monoisotopic (exact) mass is 506 g/mol. The number of anilines is 2. The van der Waals surface area contributed by atoms with E-state index in [2.05, 4.69) is 16.3 Å². The van der Waals surface area contributed by atoms with Crippen LogP contribution in [-0.4, -0.2) is 34.0 Å². The highest BCUT2D eigenvalue weighted by Crippen LogP contribution is 2.30. The van der Waals surface area contributed by atoms with Crippen LogP contribution in [0.5, 0.6) is 0 Å². The van der Waals surface area contributed by atoms with E-state index in [1.54, 1.807) is 25.2 Å². The standard InChI is InChI=1S/C26H21F3N6O2/c1-3-12-35-24(37)21-16-34(23(36)18-6-4-5-17(14-18)15-30)13-11-22(21)31-25(35)32-33(2)20-9-7-19(8-10-20)26(27,28)29/h1,4-10,14H,11-13,16H2,2H3,(H,31,32). The molecule has 0 saturated heterocycles. The summed E-state index contributed by atoms with van der Waals surface area (Å²) in [6.45, 7) is 0.221. The maximum atomic E-state index is 13.4. The van der Waals surface area contributed by atoms with Crippen molar-refractivity contribution in [3.05, 3.63) is 86.8 Å². The quantitative estimate of drug-likeness (QED) is 0.421. The highest BCUT2D eigenvalue weighted by atomic mass is 19.4. The van der Waals surface area contributed by atoms with Gasteiger partial charge in [0.15, 0.2) is 0 Å². The van der Waals surface area contributed by atoms with Gasteiger partial charge in [-0.25, -0.2) is 4.98 Å². The second kappa shape index (κ2) is 10.1. The summed E-state index contributed by atoms with van der Waals surface area (Å²) in [5.41, 5.74) is 3.66. The number of amides is 1. The summed E-state index contributed by atoms with van der Waals surface area (Å²) in [5, 5.41) is 10.5. The van der Waals surface area contributed by atoms with Crippen molar-refractivity contribution in [2.75, 3.05) is 24.0 Å². The summed E-state index contributed by atoms with van der Waals surface area (Å²) in [4.78, 5) is 32.5. The van der Waals surface area contributed by atoms with Gasteiger partial charge in [-0.1, -0.05) is 12.0 Å². The lowest BCUT2D eigenvalue weighted by atomic mass is 10.0. The van der Waals surface area contributed by atoms with Gasteiger partial charge in [-0.2, -0.15) is 18.4 Å². The Bertz CT molecular complexity index is 1480. The van der Waals surface area contributed by atoms with Crippen LogP contribution in [0.3, 0.4) is 0 Å². The van der Waals surface area contributed by atoms with Crippen LogP contribution in [0, 0.1) is 23.7 Å². The van der Waals surface area contributed by atoms with Crippen LogP contribution in [0.2, 0.25) is 0 Å². The molecule has 11 heteroatoms. The molecule has 37 heavy (non-hydrogen) atoms. The molecule has 1 aliphatic rings. The molecule has 8 nitrogen and oxygen atoms in total. The second-order valence-corrected chi connectivity index (χ2v) is 8.34. The molecule has 1 amide bonds. The van der Waals surface area contributed by atoms with Crippen LogP contribution in [0.4, 0.5) is 24.8 Å². The molecule has 188 valence electrons. The average molecular weight is 506 g/mol. The molecule has 0 atom stereocenters. The van der Waals surface area contributed by atoms with E-state index in [1.807, 2.05) is 6.07 Å². The molecule has 3 aromatic rings. The van der Waals surface area contributed by atoms with Gasteiger partial charge in [0.2, 0.25) is 5.95 Å². The first-order valence-corrected chi connectivity index (χ1v) is 11.2. The molecule has 0 aliphatic carbocycles. The van der Waals surface area contributed by atoms with Crippen molar-refractivity contribution in [3.8, 4) is 18.4 Å². The van der Waals surface area contributed by atoms with Crippen LogP contribution < -0.4 is 16.0 Å². The molecular weight excluding hydrogens is 485 g/mol. The Morgan fingerprint density at radius 3 is 2.62 bits per heavy atom. The number of nitrogens with one attached hydrogen (secondary N) is 1. The molecule has 2 heterocycles. The number of carbonyl (C=O) groups is 1. The number of carbonyl (C=O) groups excluding carboxylic acids is 1. The van der Waals surface area contributed by atoms with Gasteiger partial charge in [-0.05, 0) is 42.5 Å². The minimum atomic E-state index is -4.45. The van der Waals surface area contributed by atoms with E-state index in [0.717, 1.165) is 12.1 Å². The van der Waals surface area contributed by atoms with E-state index >= 15 is 0 Å². The molecule has 0 bridgehead atoms. The summed E-state index contributed by atoms with van der Waals surface area (Å²) in [7, 11) is 1.57. The largest absolute Gasteiger partial charge is 0.416 e. The van der Waals surface area contributed by atoms with Crippen LogP contribution in [0.25, 0.3) is 0 Å². The van der Waals surface area contributed by atoms with Gasteiger partial charge in [0.05, 0.1) is 47.2 Å². The first-order valence-electron chi connectivity index (χ1n) is 11.2. The topological polar surface area (TPSA) is 94.3 Å². The summed E-state index contributed by atoms with van der Waals surface area (Å²) in [5.74, 6) is 2.23. The lowest BCUT2D eigenvalue weighted by Gasteiger charge is -2.30. The zero-order valence-electron chi connectivity index (χ0n) is 19.7. The van der Waals surface area contributed by atoms with E-state index in [9.17, 15) is 22.8 Å². The Hall–Kier alpha value is -4.77. The Kier molecular flexibility index (Phi) is 6.89. The van der Waals surface area contributed by atoms with Crippen molar-refractivity contribution in [2.24, 2.45) is 0 Å². The van der Waals surface area contributed by atoms with E-state index < -0.39 is 17.3 Å². The van der Waals surface area contributed by atoms with Crippen LogP contribution in [0.15, 0.2) is 53.3 Å². The van der Waals surface area contributed by atoms with E-state index in [4.69, 9.17) is 11.7 Å². The molecule has 0 spiro atoms. The lowest BCUT2D eigenvalue weighted by molar-refractivity contribution is -0.137. The number of aromatic nitrogens is 2. The Balaban J connectivity index is 1.61. The van der Waals surface area contributed by atoms with Gasteiger partial charge < -0.3 is 4.90 Å². The number of benzene rings is 2. The maximum absolute atomic E-state index is 13.4. The molecule has 0 unspecified atom stereocenters. The van der Waals surface area contributed by atoms with Gasteiger partial charge in [-0.15, -0.1) is 6.42 Å². The Morgan fingerprint density at radius 1 is 1.24 bits per heavy atom. The smallest absolute Gasteiger partial charge is 0.334 e. The van der Waals surface area contributed by atoms with E-state index in [0.29, 0.717) is 41.0 Å². The number of nitrogens with zero attached hydrogens (tertiary/aromatic N) is 5. The molecule has 0 fully saturated rings. The van der Waals surface area contributed by atoms with Crippen molar-refractivity contribution >= 4 is 17.5 Å². The van der Waals surface area contributed by atoms with Crippen LogP contribution in [-0.2, 0) is 25.7 Å². The minimum absolute atomic E-state index is 0.0242. The summed E-state index contributed by atoms with van der Waals surface area (Å²) < 4.78 is 39.9. The molecule has 1 N–H and O–H groups in total. The maximum Gasteiger partial charge on any atom is 0.416 e. The highest BCUT2D eigenvalue weighted by molar-refractivity contribution is 5.94. The highest BCUT2D eigenvalue weighted by Gasteiger charge is 2.30. The number of rotatable bonds is 5. The molecule has 2 aromatic carbocycles. The van der Waals surface area contributed by atoms with Crippen LogP contribution >= 0.6 is 0 Å². The number of terminal acetylenes is 1. The van der Waals surface area contributed by atoms with E-state index in [1.165, 1.54) is 32.7 Å². The molecule has 1 aromatic heterocycles. The van der Waals surface area contributed by atoms with E-state index in [-0.39, 0.29) is 24.9 Å². The lowest BCUT2D eigenvalue weighted by Crippen LogP contribution is -2.42.